The number of hydrazone groups is 1. The fourth-order valence-corrected chi connectivity index (χ4v) is 1.66. The van der Waals surface area contributed by atoms with Gasteiger partial charge >= 0.3 is 0 Å². The molecule has 18 heavy (non-hydrogen) atoms. The Morgan fingerprint density at radius 1 is 1.33 bits per heavy atom. The third-order valence-corrected chi connectivity index (χ3v) is 2.88. The van der Waals surface area contributed by atoms with Crippen LogP contribution in [-0.2, 0) is 0 Å². The van der Waals surface area contributed by atoms with Gasteiger partial charge in [-0.15, -0.1) is 0 Å². The van der Waals surface area contributed by atoms with E-state index in [0.717, 1.165) is 10.0 Å². The SMILES string of the molecule is Cc1occc1C(=O)N/N=C/c1ccc(Br)cc1. The molecule has 0 atom stereocenters. The largest absolute Gasteiger partial charge is 0.469 e. The number of aryl methyl sites for hydroxylation is 1. The standard InChI is InChI=1S/C13H11BrN2O2/c1-9-12(6-7-18-9)13(17)16-15-8-10-2-4-11(14)5-3-10/h2-8H,1H3,(H,16,17)/b15-8+. The molecule has 0 saturated carbocycles. The monoisotopic (exact) mass is 306 g/mol. The summed E-state index contributed by atoms with van der Waals surface area (Å²) in [7, 11) is 0. The van der Waals surface area contributed by atoms with Crippen molar-refractivity contribution < 1.29 is 9.21 Å². The van der Waals surface area contributed by atoms with Gasteiger partial charge in [0.05, 0.1) is 18.0 Å². The van der Waals surface area contributed by atoms with Crippen LogP contribution < -0.4 is 5.43 Å². The zero-order valence-electron chi connectivity index (χ0n) is 9.68. The van der Waals surface area contributed by atoms with Crippen LogP contribution in [0.1, 0.15) is 21.7 Å². The molecule has 0 bridgehead atoms. The average Bonchev–Trinajstić information content (AvgIpc) is 2.78. The van der Waals surface area contributed by atoms with Crippen molar-refractivity contribution in [2.45, 2.75) is 6.92 Å². The fraction of sp³-hybridized carbons (Fsp3) is 0.0769. The molecule has 0 spiro atoms. The summed E-state index contributed by atoms with van der Waals surface area (Å²) in [5, 5.41) is 3.89. The Balaban J connectivity index is 1.98. The maximum atomic E-state index is 11.7. The van der Waals surface area contributed by atoms with Gasteiger partial charge in [0.15, 0.2) is 0 Å². The number of amides is 1. The van der Waals surface area contributed by atoms with Crippen LogP contribution in [0, 0.1) is 6.92 Å². The van der Waals surface area contributed by atoms with Gasteiger partial charge < -0.3 is 4.42 Å². The Morgan fingerprint density at radius 2 is 2.06 bits per heavy atom. The molecule has 0 saturated heterocycles. The van der Waals surface area contributed by atoms with Crippen LogP contribution in [0.5, 0.6) is 0 Å². The zero-order chi connectivity index (χ0) is 13.0. The van der Waals surface area contributed by atoms with E-state index in [0.29, 0.717) is 11.3 Å². The molecule has 1 aromatic heterocycles. The summed E-state index contributed by atoms with van der Waals surface area (Å²) < 4.78 is 6.04. The molecule has 2 aromatic rings. The second-order valence-electron chi connectivity index (χ2n) is 3.64. The Morgan fingerprint density at radius 3 is 2.67 bits per heavy atom. The maximum absolute atomic E-state index is 11.7. The molecule has 92 valence electrons. The van der Waals surface area contributed by atoms with Crippen LogP contribution in [0.2, 0.25) is 0 Å². The van der Waals surface area contributed by atoms with Crippen LogP contribution in [0.4, 0.5) is 0 Å². The Labute approximate surface area is 113 Å². The number of rotatable bonds is 3. The highest BCUT2D eigenvalue weighted by molar-refractivity contribution is 9.10. The highest BCUT2D eigenvalue weighted by Gasteiger charge is 2.09. The number of benzene rings is 1. The molecule has 0 aliphatic rings. The van der Waals surface area contributed by atoms with Gasteiger partial charge in [0.25, 0.3) is 5.91 Å². The van der Waals surface area contributed by atoms with Gasteiger partial charge in [0.2, 0.25) is 0 Å². The molecule has 0 radical (unpaired) electrons. The second kappa shape index (κ2) is 5.64. The smallest absolute Gasteiger partial charge is 0.274 e. The van der Waals surface area contributed by atoms with Crippen LogP contribution in [0.25, 0.3) is 0 Å². The molecule has 1 aromatic carbocycles. The number of hydrogen-bond acceptors (Lipinski definition) is 3. The van der Waals surface area contributed by atoms with E-state index in [9.17, 15) is 4.79 Å². The molecule has 2 rings (SSSR count). The van der Waals surface area contributed by atoms with E-state index in [4.69, 9.17) is 4.42 Å². The molecule has 0 unspecified atom stereocenters. The minimum absolute atomic E-state index is 0.283. The topological polar surface area (TPSA) is 54.6 Å². The first-order valence-electron chi connectivity index (χ1n) is 5.30. The molecule has 0 aliphatic carbocycles. The van der Waals surface area contributed by atoms with Crippen LogP contribution in [0.3, 0.4) is 0 Å². The van der Waals surface area contributed by atoms with E-state index in [1.165, 1.54) is 6.26 Å². The number of nitrogens with zero attached hydrogens (tertiary/aromatic N) is 1. The van der Waals surface area contributed by atoms with Crippen molar-refractivity contribution in [3.63, 3.8) is 0 Å². The molecule has 1 heterocycles. The minimum Gasteiger partial charge on any atom is -0.469 e. The maximum Gasteiger partial charge on any atom is 0.274 e. The van der Waals surface area contributed by atoms with Gasteiger partial charge in [0.1, 0.15) is 5.76 Å². The van der Waals surface area contributed by atoms with Crippen LogP contribution in [-0.4, -0.2) is 12.1 Å². The number of hydrogen-bond donors (Lipinski definition) is 1. The Bertz CT molecular complexity index is 573. The Hall–Kier alpha value is -1.88. The highest BCUT2D eigenvalue weighted by Crippen LogP contribution is 2.09. The van der Waals surface area contributed by atoms with E-state index >= 15 is 0 Å². The first-order valence-corrected chi connectivity index (χ1v) is 6.09. The first kappa shape index (κ1) is 12.6. The Kier molecular flexibility index (Phi) is 3.94. The van der Waals surface area contributed by atoms with E-state index in [-0.39, 0.29) is 5.91 Å². The van der Waals surface area contributed by atoms with Gasteiger partial charge in [-0.1, -0.05) is 28.1 Å². The molecule has 4 nitrogen and oxygen atoms in total. The van der Waals surface area contributed by atoms with Crippen molar-refractivity contribution in [1.82, 2.24) is 5.43 Å². The van der Waals surface area contributed by atoms with Gasteiger partial charge in [-0.2, -0.15) is 5.10 Å². The summed E-state index contributed by atoms with van der Waals surface area (Å²) in [6, 6.07) is 9.21. The number of halogens is 1. The number of carbonyl (C=O) groups is 1. The zero-order valence-corrected chi connectivity index (χ0v) is 11.3. The summed E-state index contributed by atoms with van der Waals surface area (Å²) in [4.78, 5) is 11.7. The van der Waals surface area contributed by atoms with Gasteiger partial charge in [-0.3, -0.25) is 4.79 Å². The summed E-state index contributed by atoms with van der Waals surface area (Å²) in [5.74, 6) is 0.293. The van der Waals surface area contributed by atoms with Gasteiger partial charge in [0, 0.05) is 4.47 Å². The summed E-state index contributed by atoms with van der Waals surface area (Å²) in [5.41, 5.74) is 3.84. The third-order valence-electron chi connectivity index (χ3n) is 2.35. The minimum atomic E-state index is -0.283. The lowest BCUT2D eigenvalue weighted by atomic mass is 10.2. The normalized spacial score (nSPS) is 10.8. The molecule has 5 heteroatoms. The predicted molar refractivity (Wildman–Crippen MR) is 72.6 cm³/mol. The number of carbonyl (C=O) groups excluding carboxylic acids is 1. The van der Waals surface area contributed by atoms with Crippen LogP contribution >= 0.6 is 15.9 Å². The molecular weight excluding hydrogens is 296 g/mol. The third kappa shape index (κ3) is 3.07. The van der Waals surface area contributed by atoms with E-state index in [1.807, 2.05) is 24.3 Å². The molecule has 0 fully saturated rings. The van der Waals surface area contributed by atoms with E-state index in [2.05, 4.69) is 26.5 Å². The molecule has 0 aliphatic heterocycles. The quantitative estimate of drug-likeness (QED) is 0.699. The summed E-state index contributed by atoms with van der Waals surface area (Å²) in [6.45, 7) is 1.73. The van der Waals surface area contributed by atoms with Gasteiger partial charge in [-0.05, 0) is 30.7 Å². The number of nitrogens with one attached hydrogen (secondary N) is 1. The first-order chi connectivity index (χ1) is 8.66. The van der Waals surface area contributed by atoms with Crippen molar-refractivity contribution in [3.05, 3.63) is 58.0 Å². The summed E-state index contributed by atoms with van der Waals surface area (Å²) >= 11 is 3.35. The van der Waals surface area contributed by atoms with Crippen molar-refractivity contribution >= 4 is 28.1 Å². The van der Waals surface area contributed by atoms with Crippen molar-refractivity contribution in [1.29, 1.82) is 0 Å². The van der Waals surface area contributed by atoms with Crippen LogP contribution in [0.15, 0.2) is 50.6 Å². The predicted octanol–water partition coefficient (Wildman–Crippen LogP) is 3.11. The molecule has 1 N–H and O–H groups in total. The highest BCUT2D eigenvalue weighted by atomic mass is 79.9. The lowest BCUT2D eigenvalue weighted by Gasteiger charge is -1.97. The van der Waals surface area contributed by atoms with Crippen molar-refractivity contribution in [3.8, 4) is 0 Å². The summed E-state index contributed by atoms with van der Waals surface area (Å²) in [6.07, 6.45) is 3.06. The van der Waals surface area contributed by atoms with E-state index < -0.39 is 0 Å². The number of furan rings is 1. The molecule has 1 amide bonds. The fourth-order valence-electron chi connectivity index (χ4n) is 1.40. The lowest BCUT2D eigenvalue weighted by molar-refractivity contribution is 0.0953. The van der Waals surface area contributed by atoms with E-state index in [1.54, 1.807) is 19.2 Å². The second-order valence-corrected chi connectivity index (χ2v) is 4.56. The van der Waals surface area contributed by atoms with Crippen molar-refractivity contribution in [2.24, 2.45) is 5.10 Å². The van der Waals surface area contributed by atoms with Gasteiger partial charge in [-0.25, -0.2) is 5.43 Å². The average molecular weight is 307 g/mol. The molecular formula is C13H11BrN2O2. The lowest BCUT2D eigenvalue weighted by Crippen LogP contribution is -2.17. The van der Waals surface area contributed by atoms with Crippen molar-refractivity contribution in [2.75, 3.05) is 0 Å².